The minimum atomic E-state index is -1.21. The molecular weight excluding hydrogens is 209 g/mol. The predicted molar refractivity (Wildman–Crippen MR) is 59.1 cm³/mol. The molecule has 88 valence electrons. The number of rotatable bonds is 2. The summed E-state index contributed by atoms with van der Waals surface area (Å²) >= 11 is 0. The van der Waals surface area contributed by atoms with Gasteiger partial charge in [0.2, 0.25) is 5.95 Å². The van der Waals surface area contributed by atoms with Crippen LogP contribution in [0.5, 0.6) is 0 Å². The summed E-state index contributed by atoms with van der Waals surface area (Å²) in [4.78, 5) is 10.2. The second-order valence-electron chi connectivity index (χ2n) is 4.06. The summed E-state index contributed by atoms with van der Waals surface area (Å²) in [5.74, 6) is 0.548. The van der Waals surface area contributed by atoms with Crippen molar-refractivity contribution >= 4 is 5.95 Å². The molecule has 0 aliphatic carbocycles. The molecule has 2 atom stereocenters. The van der Waals surface area contributed by atoms with Crippen LogP contribution in [0.1, 0.15) is 18.9 Å². The normalized spacial score (nSPS) is 25.8. The van der Waals surface area contributed by atoms with Crippen LogP contribution in [0.25, 0.3) is 0 Å². The summed E-state index contributed by atoms with van der Waals surface area (Å²) in [5.41, 5.74) is 1.07. The highest BCUT2D eigenvalue weighted by atomic mass is 19.1. The van der Waals surface area contributed by atoms with Gasteiger partial charge in [0.1, 0.15) is 6.17 Å². The lowest BCUT2D eigenvalue weighted by Gasteiger charge is -2.32. The SMILES string of the molecule is CCc1cnc(N2CCC(O)C(F)C2)nc1. The first-order valence-electron chi connectivity index (χ1n) is 5.58. The van der Waals surface area contributed by atoms with E-state index in [1.807, 2.05) is 6.92 Å². The van der Waals surface area contributed by atoms with Crippen molar-refractivity contribution in [3.05, 3.63) is 18.0 Å². The first kappa shape index (κ1) is 11.3. The molecule has 16 heavy (non-hydrogen) atoms. The summed E-state index contributed by atoms with van der Waals surface area (Å²) < 4.78 is 13.3. The van der Waals surface area contributed by atoms with E-state index in [1.54, 1.807) is 17.3 Å². The highest BCUT2D eigenvalue weighted by Gasteiger charge is 2.28. The van der Waals surface area contributed by atoms with Crippen molar-refractivity contribution < 1.29 is 9.50 Å². The monoisotopic (exact) mass is 225 g/mol. The van der Waals surface area contributed by atoms with E-state index in [4.69, 9.17) is 0 Å². The molecule has 1 N–H and O–H groups in total. The van der Waals surface area contributed by atoms with E-state index in [9.17, 15) is 9.50 Å². The van der Waals surface area contributed by atoms with Crippen molar-refractivity contribution in [2.45, 2.75) is 32.0 Å². The molecule has 0 radical (unpaired) electrons. The fourth-order valence-corrected chi connectivity index (χ4v) is 1.77. The van der Waals surface area contributed by atoms with Crippen molar-refractivity contribution in [1.82, 2.24) is 9.97 Å². The molecule has 1 aliphatic rings. The fraction of sp³-hybridized carbons (Fsp3) is 0.636. The lowest BCUT2D eigenvalue weighted by atomic mass is 10.1. The van der Waals surface area contributed by atoms with Crippen LogP contribution >= 0.6 is 0 Å². The van der Waals surface area contributed by atoms with E-state index < -0.39 is 12.3 Å². The van der Waals surface area contributed by atoms with Crippen molar-refractivity contribution in [2.75, 3.05) is 18.0 Å². The summed E-state index contributed by atoms with van der Waals surface area (Å²) in [7, 11) is 0. The Labute approximate surface area is 94.1 Å². The Balaban J connectivity index is 2.06. The summed E-state index contributed by atoms with van der Waals surface area (Å²) in [6.07, 6.45) is 2.81. The van der Waals surface area contributed by atoms with Crippen LogP contribution in [0.2, 0.25) is 0 Å². The van der Waals surface area contributed by atoms with Gasteiger partial charge in [-0.2, -0.15) is 0 Å². The second-order valence-corrected chi connectivity index (χ2v) is 4.06. The van der Waals surface area contributed by atoms with Crippen LogP contribution in [0, 0.1) is 0 Å². The Bertz CT molecular complexity index is 344. The maximum absolute atomic E-state index is 13.3. The van der Waals surface area contributed by atoms with Gasteiger partial charge in [0.15, 0.2) is 0 Å². The third kappa shape index (κ3) is 2.29. The number of alkyl halides is 1. The molecule has 0 spiro atoms. The first-order chi connectivity index (χ1) is 7.70. The van der Waals surface area contributed by atoms with E-state index in [0.717, 1.165) is 12.0 Å². The number of anilines is 1. The summed E-state index contributed by atoms with van der Waals surface area (Å²) in [6, 6.07) is 0. The quantitative estimate of drug-likeness (QED) is 0.814. The van der Waals surface area contributed by atoms with E-state index in [0.29, 0.717) is 18.9 Å². The highest BCUT2D eigenvalue weighted by Crippen LogP contribution is 2.18. The van der Waals surface area contributed by atoms with Crippen LogP contribution in [-0.2, 0) is 6.42 Å². The van der Waals surface area contributed by atoms with Crippen molar-refractivity contribution in [3.8, 4) is 0 Å². The van der Waals surface area contributed by atoms with Gasteiger partial charge < -0.3 is 10.0 Å². The number of nitrogens with zero attached hydrogens (tertiary/aromatic N) is 3. The standard InChI is InChI=1S/C11H16FN3O/c1-2-8-5-13-11(14-6-8)15-4-3-10(16)9(12)7-15/h5-6,9-10,16H,2-4,7H2,1H3. The zero-order valence-electron chi connectivity index (χ0n) is 9.30. The lowest BCUT2D eigenvalue weighted by molar-refractivity contribution is 0.0611. The molecule has 0 bridgehead atoms. The number of halogens is 1. The van der Waals surface area contributed by atoms with Crippen LogP contribution in [0.4, 0.5) is 10.3 Å². The molecule has 1 aromatic heterocycles. The second kappa shape index (κ2) is 4.74. The molecule has 5 heteroatoms. The molecular formula is C11H16FN3O. The third-order valence-corrected chi connectivity index (χ3v) is 2.89. The molecule has 0 saturated carbocycles. The van der Waals surface area contributed by atoms with Crippen molar-refractivity contribution in [1.29, 1.82) is 0 Å². The number of hydrogen-bond donors (Lipinski definition) is 1. The maximum atomic E-state index is 13.3. The summed E-state index contributed by atoms with van der Waals surface area (Å²) in [6.45, 7) is 2.81. The number of aryl methyl sites for hydroxylation is 1. The Morgan fingerprint density at radius 1 is 1.50 bits per heavy atom. The molecule has 2 heterocycles. The number of aliphatic hydroxyl groups excluding tert-OH is 1. The van der Waals surface area contributed by atoms with Gasteiger partial charge in [0, 0.05) is 18.9 Å². The van der Waals surface area contributed by atoms with Gasteiger partial charge in [0.25, 0.3) is 0 Å². The Hall–Kier alpha value is -1.23. The van der Waals surface area contributed by atoms with Crippen LogP contribution in [0.3, 0.4) is 0 Å². The predicted octanol–water partition coefficient (Wildman–Crippen LogP) is 0.948. The number of aromatic nitrogens is 2. The van der Waals surface area contributed by atoms with Crippen LogP contribution in [0.15, 0.2) is 12.4 Å². The third-order valence-electron chi connectivity index (χ3n) is 2.89. The minimum Gasteiger partial charge on any atom is -0.390 e. The van der Waals surface area contributed by atoms with Crippen molar-refractivity contribution in [2.24, 2.45) is 0 Å². The smallest absolute Gasteiger partial charge is 0.225 e. The molecule has 2 rings (SSSR count). The molecule has 0 amide bonds. The zero-order valence-corrected chi connectivity index (χ0v) is 9.30. The fourth-order valence-electron chi connectivity index (χ4n) is 1.77. The molecule has 1 saturated heterocycles. The van der Waals surface area contributed by atoms with Gasteiger partial charge in [-0.3, -0.25) is 0 Å². The van der Waals surface area contributed by atoms with Gasteiger partial charge in [-0.25, -0.2) is 14.4 Å². The molecule has 2 unspecified atom stereocenters. The van der Waals surface area contributed by atoms with Crippen LogP contribution in [-0.4, -0.2) is 40.4 Å². The van der Waals surface area contributed by atoms with E-state index in [-0.39, 0.29) is 6.54 Å². The lowest BCUT2D eigenvalue weighted by Crippen LogP contribution is -2.45. The van der Waals surface area contributed by atoms with Gasteiger partial charge in [-0.05, 0) is 18.4 Å². The van der Waals surface area contributed by atoms with Crippen LogP contribution < -0.4 is 4.90 Å². The van der Waals surface area contributed by atoms with E-state index in [1.165, 1.54) is 0 Å². The summed E-state index contributed by atoms with van der Waals surface area (Å²) in [5, 5.41) is 9.28. The van der Waals surface area contributed by atoms with E-state index >= 15 is 0 Å². The maximum Gasteiger partial charge on any atom is 0.225 e. The molecule has 4 nitrogen and oxygen atoms in total. The highest BCUT2D eigenvalue weighted by molar-refractivity contribution is 5.31. The number of hydrogen-bond acceptors (Lipinski definition) is 4. The van der Waals surface area contributed by atoms with Gasteiger partial charge in [-0.15, -0.1) is 0 Å². The number of aliphatic hydroxyl groups is 1. The Kier molecular flexibility index (Phi) is 3.33. The molecule has 1 aliphatic heterocycles. The Morgan fingerprint density at radius 2 is 2.19 bits per heavy atom. The average molecular weight is 225 g/mol. The first-order valence-corrected chi connectivity index (χ1v) is 5.58. The molecule has 1 aromatic rings. The number of piperidine rings is 1. The van der Waals surface area contributed by atoms with E-state index in [2.05, 4.69) is 9.97 Å². The minimum absolute atomic E-state index is 0.173. The topological polar surface area (TPSA) is 49.2 Å². The van der Waals surface area contributed by atoms with Gasteiger partial charge >= 0.3 is 0 Å². The molecule has 1 fully saturated rings. The average Bonchev–Trinajstić information content (AvgIpc) is 2.33. The zero-order chi connectivity index (χ0) is 11.5. The Morgan fingerprint density at radius 3 is 2.75 bits per heavy atom. The van der Waals surface area contributed by atoms with Crippen molar-refractivity contribution in [3.63, 3.8) is 0 Å². The molecule has 0 aromatic carbocycles. The van der Waals surface area contributed by atoms with Gasteiger partial charge in [0.05, 0.1) is 12.6 Å². The largest absolute Gasteiger partial charge is 0.390 e. The van der Waals surface area contributed by atoms with Gasteiger partial charge in [-0.1, -0.05) is 6.92 Å².